The number of nitrogens with two attached hydrogens (primary N) is 1. The van der Waals surface area contributed by atoms with Crippen molar-refractivity contribution in [2.24, 2.45) is 17.6 Å². The molecule has 1 fully saturated rings. The van der Waals surface area contributed by atoms with Gasteiger partial charge < -0.3 is 10.8 Å². The van der Waals surface area contributed by atoms with Crippen LogP contribution in [0.5, 0.6) is 0 Å². The predicted molar refractivity (Wildman–Crippen MR) is 83.7 cm³/mol. The number of unbranched alkanes of at least 4 members (excludes halogenated alkanes) is 1. The molecule has 0 amide bonds. The van der Waals surface area contributed by atoms with Gasteiger partial charge in [0, 0.05) is 6.04 Å². The van der Waals surface area contributed by atoms with Gasteiger partial charge in [0.15, 0.2) is 0 Å². The third kappa shape index (κ3) is 8.57. The van der Waals surface area contributed by atoms with E-state index < -0.39 is 5.97 Å². The van der Waals surface area contributed by atoms with Gasteiger partial charge in [0.05, 0.1) is 6.42 Å². The lowest BCUT2D eigenvalue weighted by Crippen LogP contribution is -2.24. The summed E-state index contributed by atoms with van der Waals surface area (Å²) in [6.45, 7) is 2.27. The molecule has 2 atom stereocenters. The van der Waals surface area contributed by atoms with Crippen molar-refractivity contribution in [2.75, 3.05) is 0 Å². The largest absolute Gasteiger partial charge is 0.481 e. The average Bonchev–Trinajstić information content (AvgIpc) is 2.42. The Balaban J connectivity index is 1.96. The Labute approximate surface area is 124 Å². The molecule has 3 nitrogen and oxygen atoms in total. The van der Waals surface area contributed by atoms with E-state index in [0.717, 1.165) is 18.8 Å². The standard InChI is InChI=1S/C17H33NO2/c1-14(11-12-16(18)13-17(19)20)7-5-6-10-15-8-3-2-4-9-15/h14-16H,2-13,18H2,1H3,(H,19,20)/t14-,16+/m1/s1. The third-order valence-corrected chi connectivity index (χ3v) is 4.75. The van der Waals surface area contributed by atoms with E-state index in [2.05, 4.69) is 6.92 Å². The van der Waals surface area contributed by atoms with Gasteiger partial charge in [0.25, 0.3) is 0 Å². The van der Waals surface area contributed by atoms with Crippen LogP contribution in [0.2, 0.25) is 0 Å². The first-order chi connectivity index (χ1) is 9.58. The van der Waals surface area contributed by atoms with Crippen LogP contribution in [0.1, 0.15) is 84.0 Å². The smallest absolute Gasteiger partial charge is 0.304 e. The molecule has 0 unspecified atom stereocenters. The van der Waals surface area contributed by atoms with Crippen LogP contribution in [0.3, 0.4) is 0 Å². The zero-order chi connectivity index (χ0) is 14.8. The van der Waals surface area contributed by atoms with Crippen molar-refractivity contribution in [3.8, 4) is 0 Å². The van der Waals surface area contributed by atoms with Crippen LogP contribution in [-0.4, -0.2) is 17.1 Å². The van der Waals surface area contributed by atoms with Crippen molar-refractivity contribution < 1.29 is 9.90 Å². The molecule has 1 rings (SSSR count). The summed E-state index contributed by atoms with van der Waals surface area (Å²) >= 11 is 0. The lowest BCUT2D eigenvalue weighted by molar-refractivity contribution is -0.137. The summed E-state index contributed by atoms with van der Waals surface area (Å²) in [6.07, 6.45) is 14.7. The van der Waals surface area contributed by atoms with Crippen LogP contribution in [-0.2, 0) is 4.79 Å². The molecule has 0 radical (unpaired) electrons. The van der Waals surface area contributed by atoms with Crippen molar-refractivity contribution in [1.29, 1.82) is 0 Å². The minimum atomic E-state index is -0.780. The van der Waals surface area contributed by atoms with Crippen molar-refractivity contribution >= 4 is 5.97 Å². The highest BCUT2D eigenvalue weighted by Crippen LogP contribution is 2.28. The SMILES string of the molecule is C[C@H](CCCCC1CCCCC1)CC[C@H](N)CC(=O)O. The lowest BCUT2D eigenvalue weighted by Gasteiger charge is -2.21. The van der Waals surface area contributed by atoms with Crippen LogP contribution in [0.15, 0.2) is 0 Å². The zero-order valence-electron chi connectivity index (χ0n) is 13.2. The highest BCUT2D eigenvalue weighted by atomic mass is 16.4. The first kappa shape index (κ1) is 17.5. The Morgan fingerprint density at radius 1 is 1.15 bits per heavy atom. The fraction of sp³-hybridized carbons (Fsp3) is 0.941. The average molecular weight is 283 g/mol. The van der Waals surface area contributed by atoms with Gasteiger partial charge in [-0.3, -0.25) is 4.79 Å². The number of carboxylic acid groups (broad SMARTS) is 1. The summed E-state index contributed by atoms with van der Waals surface area (Å²) in [5, 5.41) is 8.67. The van der Waals surface area contributed by atoms with E-state index in [1.807, 2.05) is 0 Å². The number of rotatable bonds is 10. The molecule has 1 aliphatic carbocycles. The Kier molecular flexibility index (Phi) is 8.92. The number of carbonyl (C=O) groups is 1. The number of aliphatic carboxylic acids is 1. The van der Waals surface area contributed by atoms with Crippen molar-refractivity contribution in [3.05, 3.63) is 0 Å². The number of carboxylic acids is 1. The zero-order valence-corrected chi connectivity index (χ0v) is 13.2. The molecule has 0 aliphatic heterocycles. The predicted octanol–water partition coefficient (Wildman–Crippen LogP) is 4.35. The van der Waals surface area contributed by atoms with Crippen LogP contribution >= 0.6 is 0 Å². The Morgan fingerprint density at radius 2 is 1.85 bits per heavy atom. The van der Waals surface area contributed by atoms with Gasteiger partial charge in [-0.25, -0.2) is 0 Å². The molecule has 0 aromatic heterocycles. The van der Waals surface area contributed by atoms with Gasteiger partial charge in [0.2, 0.25) is 0 Å². The molecule has 20 heavy (non-hydrogen) atoms. The molecule has 0 heterocycles. The van der Waals surface area contributed by atoms with E-state index in [1.165, 1.54) is 57.8 Å². The van der Waals surface area contributed by atoms with Crippen molar-refractivity contribution in [3.63, 3.8) is 0 Å². The van der Waals surface area contributed by atoms with Gasteiger partial charge in [-0.1, -0.05) is 64.7 Å². The summed E-state index contributed by atoms with van der Waals surface area (Å²) in [5.41, 5.74) is 5.79. The number of hydrogen-bond donors (Lipinski definition) is 2. The molecule has 3 heteroatoms. The molecule has 0 bridgehead atoms. The van der Waals surface area contributed by atoms with E-state index in [4.69, 9.17) is 10.8 Å². The molecule has 118 valence electrons. The lowest BCUT2D eigenvalue weighted by atomic mass is 9.85. The summed E-state index contributed by atoms with van der Waals surface area (Å²) in [5.74, 6) is 0.905. The van der Waals surface area contributed by atoms with Gasteiger partial charge in [-0.15, -0.1) is 0 Å². The van der Waals surface area contributed by atoms with Gasteiger partial charge in [-0.05, 0) is 24.7 Å². The molecule has 0 aromatic rings. The van der Waals surface area contributed by atoms with Crippen LogP contribution in [0.4, 0.5) is 0 Å². The molecule has 1 saturated carbocycles. The van der Waals surface area contributed by atoms with Gasteiger partial charge in [-0.2, -0.15) is 0 Å². The topological polar surface area (TPSA) is 63.3 Å². The number of hydrogen-bond acceptors (Lipinski definition) is 2. The van der Waals surface area contributed by atoms with Crippen LogP contribution < -0.4 is 5.73 Å². The highest BCUT2D eigenvalue weighted by molar-refractivity contribution is 5.67. The van der Waals surface area contributed by atoms with E-state index in [-0.39, 0.29) is 12.5 Å². The monoisotopic (exact) mass is 283 g/mol. The first-order valence-corrected chi connectivity index (χ1v) is 8.55. The van der Waals surface area contributed by atoms with Gasteiger partial charge in [0.1, 0.15) is 0 Å². The molecule has 0 saturated heterocycles. The second-order valence-corrected chi connectivity index (χ2v) is 6.83. The van der Waals surface area contributed by atoms with E-state index in [1.54, 1.807) is 0 Å². The Hall–Kier alpha value is -0.570. The highest BCUT2D eigenvalue weighted by Gasteiger charge is 2.13. The van der Waals surface area contributed by atoms with E-state index >= 15 is 0 Å². The minimum Gasteiger partial charge on any atom is -0.481 e. The summed E-state index contributed by atoms with van der Waals surface area (Å²) in [6, 6.07) is -0.169. The Morgan fingerprint density at radius 3 is 2.50 bits per heavy atom. The Bertz CT molecular complexity index is 262. The van der Waals surface area contributed by atoms with Crippen molar-refractivity contribution in [1.82, 2.24) is 0 Å². The maximum atomic E-state index is 10.5. The van der Waals surface area contributed by atoms with Crippen molar-refractivity contribution in [2.45, 2.75) is 90.0 Å². The second kappa shape index (κ2) is 10.2. The molecule has 0 aromatic carbocycles. The van der Waals surface area contributed by atoms with E-state index in [0.29, 0.717) is 5.92 Å². The summed E-state index contributed by atoms with van der Waals surface area (Å²) in [7, 11) is 0. The molecular weight excluding hydrogens is 250 g/mol. The second-order valence-electron chi connectivity index (χ2n) is 6.83. The van der Waals surface area contributed by atoms with Crippen LogP contribution in [0, 0.1) is 11.8 Å². The maximum Gasteiger partial charge on any atom is 0.304 e. The molecule has 1 aliphatic rings. The molecular formula is C17H33NO2. The minimum absolute atomic E-state index is 0.106. The fourth-order valence-electron chi connectivity index (χ4n) is 3.37. The van der Waals surface area contributed by atoms with Gasteiger partial charge >= 0.3 is 5.97 Å². The quantitative estimate of drug-likeness (QED) is 0.586. The normalized spacial score (nSPS) is 19.7. The molecule has 0 spiro atoms. The van der Waals surface area contributed by atoms with Crippen LogP contribution in [0.25, 0.3) is 0 Å². The maximum absolute atomic E-state index is 10.5. The first-order valence-electron chi connectivity index (χ1n) is 8.55. The molecule has 3 N–H and O–H groups in total. The van der Waals surface area contributed by atoms with E-state index in [9.17, 15) is 4.79 Å². The fourth-order valence-corrected chi connectivity index (χ4v) is 3.37. The summed E-state index contributed by atoms with van der Waals surface area (Å²) in [4.78, 5) is 10.5. The summed E-state index contributed by atoms with van der Waals surface area (Å²) < 4.78 is 0. The third-order valence-electron chi connectivity index (χ3n) is 4.75.